The number of benzene rings is 2. The highest BCUT2D eigenvalue weighted by Crippen LogP contribution is 2.23. The van der Waals surface area contributed by atoms with Crippen LogP contribution >= 0.6 is 0 Å². The standard InChI is InChI=1S/C21H21FN4/c22-20-2-1-14(9-17(20)12-23)16-10-15-3-6-25-13-19(15)21(11-16)26-18-4-7-24-8-5-18/h1-3,9-11,13,18,24-26H,4-8H2. The fourth-order valence-corrected chi connectivity index (χ4v) is 3.60. The summed E-state index contributed by atoms with van der Waals surface area (Å²) in [5, 5.41) is 21.8. The molecule has 3 N–H and O–H groups in total. The van der Waals surface area contributed by atoms with Crippen LogP contribution in [-0.2, 0) is 0 Å². The van der Waals surface area contributed by atoms with Crippen LogP contribution in [0.1, 0.15) is 18.4 Å². The van der Waals surface area contributed by atoms with Crippen LogP contribution < -0.4 is 26.4 Å². The summed E-state index contributed by atoms with van der Waals surface area (Å²) in [4.78, 5) is 0. The van der Waals surface area contributed by atoms with Crippen molar-refractivity contribution in [2.45, 2.75) is 18.9 Å². The molecule has 2 heterocycles. The molecule has 0 aliphatic carbocycles. The lowest BCUT2D eigenvalue weighted by atomic mass is 9.99. The topological polar surface area (TPSA) is 59.9 Å². The van der Waals surface area contributed by atoms with E-state index in [4.69, 9.17) is 5.26 Å². The Hall–Kier alpha value is -2.84. The summed E-state index contributed by atoms with van der Waals surface area (Å²) in [6.07, 6.45) is 6.38. The van der Waals surface area contributed by atoms with Crippen LogP contribution in [0.2, 0.25) is 0 Å². The molecule has 2 aromatic carbocycles. The van der Waals surface area contributed by atoms with Crippen molar-refractivity contribution in [1.29, 1.82) is 5.26 Å². The molecule has 0 spiro atoms. The molecule has 4 nitrogen and oxygen atoms in total. The molecule has 26 heavy (non-hydrogen) atoms. The first-order valence-corrected chi connectivity index (χ1v) is 9.00. The highest BCUT2D eigenvalue weighted by atomic mass is 19.1. The zero-order valence-electron chi connectivity index (χ0n) is 14.5. The molecule has 0 amide bonds. The first-order chi connectivity index (χ1) is 12.7. The van der Waals surface area contributed by atoms with Crippen molar-refractivity contribution < 1.29 is 4.39 Å². The van der Waals surface area contributed by atoms with Crippen molar-refractivity contribution in [1.82, 2.24) is 10.6 Å². The molecule has 5 heteroatoms. The molecule has 2 aliphatic heterocycles. The summed E-state index contributed by atoms with van der Waals surface area (Å²) < 4.78 is 13.7. The largest absolute Gasteiger partial charge is 0.387 e. The maximum atomic E-state index is 13.7. The van der Waals surface area contributed by atoms with Gasteiger partial charge in [-0.05, 0) is 66.5 Å². The monoisotopic (exact) mass is 348 g/mol. The summed E-state index contributed by atoms with van der Waals surface area (Å²) in [5.41, 5.74) is 3.00. The Morgan fingerprint density at radius 3 is 2.77 bits per heavy atom. The SMILES string of the molecule is N#Cc1cc(-c2cc(NC3CCNCC3)c3c(c2)=CCNC=3)ccc1F. The van der Waals surface area contributed by atoms with Gasteiger partial charge < -0.3 is 16.0 Å². The van der Waals surface area contributed by atoms with Crippen molar-refractivity contribution in [3.05, 3.63) is 52.1 Å². The van der Waals surface area contributed by atoms with E-state index in [0.717, 1.165) is 59.7 Å². The number of halogens is 1. The smallest absolute Gasteiger partial charge is 0.140 e. The zero-order chi connectivity index (χ0) is 17.9. The quantitative estimate of drug-likeness (QED) is 0.789. The van der Waals surface area contributed by atoms with E-state index in [1.165, 1.54) is 6.07 Å². The third-order valence-electron chi connectivity index (χ3n) is 5.02. The number of nitrogens with zero attached hydrogens (tertiary/aromatic N) is 1. The van der Waals surface area contributed by atoms with Gasteiger partial charge in [-0.3, -0.25) is 0 Å². The number of anilines is 1. The lowest BCUT2D eigenvalue weighted by molar-refractivity contribution is 0.479. The molecule has 2 aromatic rings. The van der Waals surface area contributed by atoms with Crippen LogP contribution in [0.25, 0.3) is 23.4 Å². The summed E-state index contributed by atoms with van der Waals surface area (Å²) in [5.74, 6) is -0.480. The van der Waals surface area contributed by atoms with E-state index in [9.17, 15) is 4.39 Å². The van der Waals surface area contributed by atoms with Crippen LogP contribution in [-0.4, -0.2) is 25.7 Å². The molecule has 4 rings (SSSR count). The summed E-state index contributed by atoms with van der Waals surface area (Å²) in [7, 11) is 0. The van der Waals surface area contributed by atoms with E-state index >= 15 is 0 Å². The Bertz CT molecular complexity index is 984. The molecule has 0 saturated carbocycles. The van der Waals surface area contributed by atoms with Gasteiger partial charge in [0.25, 0.3) is 0 Å². The third-order valence-corrected chi connectivity index (χ3v) is 5.02. The fraction of sp³-hybridized carbons (Fsp3) is 0.286. The molecule has 1 fully saturated rings. The minimum atomic E-state index is -0.480. The molecule has 0 bridgehead atoms. The number of nitrogens with one attached hydrogen (secondary N) is 3. The maximum Gasteiger partial charge on any atom is 0.140 e. The van der Waals surface area contributed by atoms with Gasteiger partial charge in [-0.15, -0.1) is 0 Å². The van der Waals surface area contributed by atoms with Gasteiger partial charge in [-0.2, -0.15) is 5.26 Å². The first kappa shape index (κ1) is 16.6. The molecular weight excluding hydrogens is 327 g/mol. The number of nitriles is 1. The van der Waals surface area contributed by atoms with E-state index < -0.39 is 5.82 Å². The van der Waals surface area contributed by atoms with E-state index in [1.807, 2.05) is 12.3 Å². The van der Waals surface area contributed by atoms with E-state index in [1.54, 1.807) is 12.1 Å². The fourth-order valence-electron chi connectivity index (χ4n) is 3.60. The molecule has 0 aromatic heterocycles. The van der Waals surface area contributed by atoms with Crippen molar-refractivity contribution in [3.63, 3.8) is 0 Å². The van der Waals surface area contributed by atoms with Gasteiger partial charge in [0.1, 0.15) is 11.9 Å². The van der Waals surface area contributed by atoms with Crippen LogP contribution in [0.15, 0.2) is 30.3 Å². The lowest BCUT2D eigenvalue weighted by Crippen LogP contribution is -2.40. The van der Waals surface area contributed by atoms with Gasteiger partial charge in [0.2, 0.25) is 0 Å². The predicted molar refractivity (Wildman–Crippen MR) is 102 cm³/mol. The Labute approximate surface area is 152 Å². The van der Waals surface area contributed by atoms with E-state index in [0.29, 0.717) is 6.04 Å². The van der Waals surface area contributed by atoms with Crippen molar-refractivity contribution in [3.8, 4) is 17.2 Å². The van der Waals surface area contributed by atoms with Crippen molar-refractivity contribution in [2.75, 3.05) is 25.0 Å². The van der Waals surface area contributed by atoms with Crippen LogP contribution in [0.5, 0.6) is 0 Å². The second-order valence-corrected chi connectivity index (χ2v) is 6.76. The van der Waals surface area contributed by atoms with Gasteiger partial charge in [0.05, 0.1) is 5.56 Å². The second kappa shape index (κ2) is 7.19. The number of hydrogen-bond donors (Lipinski definition) is 3. The minimum absolute atomic E-state index is 0.0743. The van der Waals surface area contributed by atoms with Gasteiger partial charge >= 0.3 is 0 Å². The summed E-state index contributed by atoms with van der Waals surface area (Å²) in [6.45, 7) is 2.84. The highest BCUT2D eigenvalue weighted by Gasteiger charge is 2.15. The molecule has 2 aliphatic rings. The lowest BCUT2D eigenvalue weighted by Gasteiger charge is -2.25. The van der Waals surface area contributed by atoms with Gasteiger partial charge in [0, 0.05) is 29.7 Å². The van der Waals surface area contributed by atoms with Gasteiger partial charge in [-0.1, -0.05) is 12.1 Å². The molecule has 0 atom stereocenters. The summed E-state index contributed by atoms with van der Waals surface area (Å²) in [6, 6.07) is 11.3. The van der Waals surface area contributed by atoms with Gasteiger partial charge in [-0.25, -0.2) is 4.39 Å². The Morgan fingerprint density at radius 2 is 1.96 bits per heavy atom. The van der Waals surface area contributed by atoms with E-state index in [2.05, 4.69) is 34.2 Å². The summed E-state index contributed by atoms with van der Waals surface area (Å²) >= 11 is 0. The highest BCUT2D eigenvalue weighted by molar-refractivity contribution is 5.71. The van der Waals surface area contributed by atoms with Crippen LogP contribution in [0.4, 0.5) is 10.1 Å². The predicted octanol–water partition coefficient (Wildman–Crippen LogP) is 1.65. The van der Waals surface area contributed by atoms with Gasteiger partial charge in [0.15, 0.2) is 0 Å². The number of fused-ring (bicyclic) bond motifs is 1. The number of rotatable bonds is 3. The van der Waals surface area contributed by atoms with Crippen molar-refractivity contribution >= 4 is 18.0 Å². The normalized spacial score (nSPS) is 16.5. The molecule has 132 valence electrons. The molecule has 1 saturated heterocycles. The minimum Gasteiger partial charge on any atom is -0.387 e. The number of hydrogen-bond acceptors (Lipinski definition) is 4. The molecule has 0 unspecified atom stereocenters. The number of piperidine rings is 1. The average Bonchev–Trinajstić information content (AvgIpc) is 2.69. The zero-order valence-corrected chi connectivity index (χ0v) is 14.5. The van der Waals surface area contributed by atoms with Crippen LogP contribution in [0, 0.1) is 17.1 Å². The van der Waals surface area contributed by atoms with Crippen molar-refractivity contribution in [2.24, 2.45) is 0 Å². The Balaban J connectivity index is 1.79. The molecule has 0 radical (unpaired) electrons. The third kappa shape index (κ3) is 3.29. The molecular formula is C21H21FN4. The maximum absolute atomic E-state index is 13.7. The first-order valence-electron chi connectivity index (χ1n) is 9.00. The Kier molecular flexibility index (Phi) is 4.59. The Morgan fingerprint density at radius 1 is 1.12 bits per heavy atom. The van der Waals surface area contributed by atoms with Crippen LogP contribution in [0.3, 0.4) is 0 Å². The average molecular weight is 348 g/mol. The van der Waals surface area contributed by atoms with E-state index in [-0.39, 0.29) is 5.56 Å². The second-order valence-electron chi connectivity index (χ2n) is 6.76.